The molecule has 3 heterocycles. The molecule has 1 aliphatic heterocycles. The minimum absolute atomic E-state index is 0.545. The maximum atomic E-state index is 4.84. The van der Waals surface area contributed by atoms with Crippen molar-refractivity contribution in [2.45, 2.75) is 20.4 Å². The fraction of sp³-hybridized carbons (Fsp3) is 0.235. The summed E-state index contributed by atoms with van der Waals surface area (Å²) in [6.07, 6.45) is 2.13. The van der Waals surface area contributed by atoms with Crippen LogP contribution in [0.5, 0.6) is 0 Å². The molecule has 2 aromatic heterocycles. The highest BCUT2D eigenvalue weighted by molar-refractivity contribution is 6.16. The maximum absolute atomic E-state index is 4.84. The summed E-state index contributed by atoms with van der Waals surface area (Å²) in [7, 11) is 2.06. The molecule has 22 heavy (non-hydrogen) atoms. The Labute approximate surface area is 129 Å². The quantitative estimate of drug-likeness (QED) is 0.692. The van der Waals surface area contributed by atoms with Crippen LogP contribution >= 0.6 is 0 Å². The molecule has 4 rings (SSSR count). The Kier molecular flexibility index (Phi) is 2.76. The second-order valence-electron chi connectivity index (χ2n) is 5.62. The molecular weight excluding hydrogens is 274 g/mol. The van der Waals surface area contributed by atoms with Gasteiger partial charge in [-0.1, -0.05) is 30.3 Å². The van der Waals surface area contributed by atoms with Crippen molar-refractivity contribution in [3.05, 3.63) is 65.0 Å². The topological polar surface area (TPSA) is 48.0 Å². The second kappa shape index (κ2) is 4.66. The molecule has 0 aliphatic carbocycles. The number of aryl methyl sites for hydroxylation is 2. The van der Waals surface area contributed by atoms with Crippen molar-refractivity contribution in [2.75, 3.05) is 0 Å². The zero-order valence-corrected chi connectivity index (χ0v) is 12.9. The van der Waals surface area contributed by atoms with Crippen molar-refractivity contribution in [1.29, 1.82) is 0 Å². The fourth-order valence-electron chi connectivity index (χ4n) is 3.05. The molecule has 0 N–H and O–H groups in total. The van der Waals surface area contributed by atoms with E-state index >= 15 is 0 Å². The van der Waals surface area contributed by atoms with Gasteiger partial charge in [-0.25, -0.2) is 0 Å². The highest BCUT2D eigenvalue weighted by Crippen LogP contribution is 2.29. The minimum atomic E-state index is 0.545. The lowest BCUT2D eigenvalue weighted by atomic mass is 10.0. The van der Waals surface area contributed by atoms with Crippen molar-refractivity contribution < 1.29 is 0 Å². The van der Waals surface area contributed by atoms with Gasteiger partial charge in [0.15, 0.2) is 5.82 Å². The predicted molar refractivity (Wildman–Crippen MR) is 85.6 cm³/mol. The van der Waals surface area contributed by atoms with Gasteiger partial charge in [0, 0.05) is 30.1 Å². The summed E-state index contributed by atoms with van der Waals surface area (Å²) in [6, 6.07) is 10.3. The molecule has 0 fully saturated rings. The third-order valence-electron chi connectivity index (χ3n) is 4.26. The van der Waals surface area contributed by atoms with E-state index in [-0.39, 0.29) is 0 Å². The van der Waals surface area contributed by atoms with Crippen LogP contribution in [0.15, 0.2) is 41.5 Å². The Morgan fingerprint density at radius 2 is 1.82 bits per heavy atom. The molecule has 0 atom stereocenters. The number of benzene rings is 1. The van der Waals surface area contributed by atoms with Crippen LogP contribution in [-0.4, -0.2) is 25.0 Å². The SMILES string of the molecule is Cc1c2c(cn1C)-n1c(C)nnc1CN=C2c1ccccc1. The standard InChI is InChI=1S/C17H17N5/c1-11-16-14(10-21(11)3)22-12(2)19-20-15(22)9-18-17(16)13-7-5-4-6-8-13/h4-8,10H,9H2,1-3H3. The van der Waals surface area contributed by atoms with Crippen LogP contribution in [0.1, 0.15) is 28.5 Å². The molecule has 0 amide bonds. The van der Waals surface area contributed by atoms with Gasteiger partial charge >= 0.3 is 0 Å². The van der Waals surface area contributed by atoms with E-state index in [1.807, 2.05) is 25.1 Å². The molecule has 110 valence electrons. The average molecular weight is 291 g/mol. The van der Waals surface area contributed by atoms with Gasteiger partial charge in [0.05, 0.1) is 11.4 Å². The molecule has 0 saturated carbocycles. The number of hydrogen-bond acceptors (Lipinski definition) is 3. The molecule has 0 unspecified atom stereocenters. The van der Waals surface area contributed by atoms with E-state index in [0.717, 1.165) is 34.2 Å². The van der Waals surface area contributed by atoms with E-state index in [2.05, 4.69) is 51.6 Å². The first-order chi connectivity index (χ1) is 10.7. The van der Waals surface area contributed by atoms with E-state index in [1.54, 1.807) is 0 Å². The van der Waals surface area contributed by atoms with Gasteiger partial charge in [0.25, 0.3) is 0 Å². The van der Waals surface area contributed by atoms with Gasteiger partial charge in [0.1, 0.15) is 12.4 Å². The summed E-state index contributed by atoms with van der Waals surface area (Å²) in [5, 5.41) is 8.49. The molecule has 0 radical (unpaired) electrons. The van der Waals surface area contributed by atoms with Crippen molar-refractivity contribution in [2.24, 2.45) is 12.0 Å². The number of rotatable bonds is 1. The Balaban J connectivity index is 2.04. The van der Waals surface area contributed by atoms with Gasteiger partial charge in [-0.3, -0.25) is 9.56 Å². The lowest BCUT2D eigenvalue weighted by Gasteiger charge is -2.09. The van der Waals surface area contributed by atoms with Crippen molar-refractivity contribution in [1.82, 2.24) is 19.3 Å². The largest absolute Gasteiger partial charge is 0.352 e. The van der Waals surface area contributed by atoms with E-state index in [0.29, 0.717) is 6.54 Å². The highest BCUT2D eigenvalue weighted by atomic mass is 15.3. The van der Waals surface area contributed by atoms with Gasteiger partial charge < -0.3 is 4.57 Å². The Bertz CT molecular complexity index is 883. The van der Waals surface area contributed by atoms with E-state index < -0.39 is 0 Å². The average Bonchev–Trinajstić information content (AvgIpc) is 2.97. The Morgan fingerprint density at radius 3 is 2.59 bits per heavy atom. The van der Waals surface area contributed by atoms with Crippen LogP contribution < -0.4 is 0 Å². The molecule has 0 saturated heterocycles. The van der Waals surface area contributed by atoms with Gasteiger partial charge in [0.2, 0.25) is 0 Å². The summed E-state index contributed by atoms with van der Waals surface area (Å²) in [6.45, 7) is 4.65. The molecule has 0 bridgehead atoms. The molecule has 0 spiro atoms. The lowest BCUT2D eigenvalue weighted by molar-refractivity contribution is 0.843. The van der Waals surface area contributed by atoms with Crippen LogP contribution in [0.25, 0.3) is 5.69 Å². The first kappa shape index (κ1) is 13.0. The summed E-state index contributed by atoms with van der Waals surface area (Å²) < 4.78 is 4.25. The summed E-state index contributed by atoms with van der Waals surface area (Å²) in [4.78, 5) is 4.84. The van der Waals surface area contributed by atoms with Gasteiger partial charge in [-0.15, -0.1) is 10.2 Å². The van der Waals surface area contributed by atoms with E-state index in [1.165, 1.54) is 5.69 Å². The van der Waals surface area contributed by atoms with Crippen molar-refractivity contribution >= 4 is 5.71 Å². The fourth-order valence-corrected chi connectivity index (χ4v) is 3.05. The number of aliphatic imine (C=N–C) groups is 1. The molecular formula is C17H17N5. The van der Waals surface area contributed by atoms with Crippen LogP contribution in [0.4, 0.5) is 0 Å². The Morgan fingerprint density at radius 1 is 1.05 bits per heavy atom. The zero-order valence-electron chi connectivity index (χ0n) is 12.9. The number of hydrogen-bond donors (Lipinski definition) is 0. The van der Waals surface area contributed by atoms with Crippen LogP contribution in [0, 0.1) is 13.8 Å². The van der Waals surface area contributed by atoms with E-state index in [9.17, 15) is 0 Å². The number of fused-ring (bicyclic) bond motifs is 3. The number of aromatic nitrogens is 4. The first-order valence-corrected chi connectivity index (χ1v) is 7.34. The smallest absolute Gasteiger partial charge is 0.159 e. The van der Waals surface area contributed by atoms with Crippen LogP contribution in [0.3, 0.4) is 0 Å². The highest BCUT2D eigenvalue weighted by Gasteiger charge is 2.25. The molecule has 1 aliphatic rings. The second-order valence-corrected chi connectivity index (χ2v) is 5.62. The monoisotopic (exact) mass is 291 g/mol. The summed E-state index contributed by atoms with van der Waals surface area (Å²) >= 11 is 0. The van der Waals surface area contributed by atoms with Crippen LogP contribution in [0.2, 0.25) is 0 Å². The first-order valence-electron chi connectivity index (χ1n) is 7.34. The predicted octanol–water partition coefficient (Wildman–Crippen LogP) is 2.57. The third kappa shape index (κ3) is 1.75. The van der Waals surface area contributed by atoms with Crippen molar-refractivity contribution in [3.63, 3.8) is 0 Å². The third-order valence-corrected chi connectivity index (χ3v) is 4.26. The maximum Gasteiger partial charge on any atom is 0.159 e. The molecule has 3 aromatic rings. The molecule has 5 nitrogen and oxygen atoms in total. The van der Waals surface area contributed by atoms with Crippen LogP contribution in [-0.2, 0) is 13.6 Å². The molecule has 5 heteroatoms. The van der Waals surface area contributed by atoms with Gasteiger partial charge in [-0.05, 0) is 13.8 Å². The molecule has 1 aromatic carbocycles. The zero-order chi connectivity index (χ0) is 15.3. The summed E-state index contributed by atoms with van der Waals surface area (Å²) in [5.41, 5.74) is 5.62. The summed E-state index contributed by atoms with van der Waals surface area (Å²) in [5.74, 6) is 1.78. The minimum Gasteiger partial charge on any atom is -0.352 e. The lowest BCUT2D eigenvalue weighted by Crippen LogP contribution is -2.07. The Hall–Kier alpha value is -2.69. The normalized spacial score (nSPS) is 13.3. The van der Waals surface area contributed by atoms with Gasteiger partial charge in [-0.2, -0.15) is 0 Å². The number of nitrogens with zero attached hydrogens (tertiary/aromatic N) is 5. The van der Waals surface area contributed by atoms with E-state index in [4.69, 9.17) is 4.99 Å². The van der Waals surface area contributed by atoms with Crippen molar-refractivity contribution in [3.8, 4) is 5.69 Å².